The van der Waals surface area contributed by atoms with Crippen molar-refractivity contribution in [2.45, 2.75) is 45.1 Å². The summed E-state index contributed by atoms with van der Waals surface area (Å²) in [7, 11) is 0. The maximum absolute atomic E-state index is 11.7. The van der Waals surface area contributed by atoms with Crippen LogP contribution in [0.1, 0.15) is 44.2 Å². The molecule has 0 saturated heterocycles. The number of hydrogen-bond acceptors (Lipinski definition) is 3. The topological polar surface area (TPSA) is 76.0 Å². The number of fused-ring (bicyclic) bond motifs is 1. The van der Waals surface area contributed by atoms with Crippen LogP contribution in [0.5, 0.6) is 0 Å². The standard InChI is InChI=1S/C17H21NO4/c1-17(2,3)22-16(21)18-10-14-12-7-5-4-6-11(12)8-9-13(14)15(19)20/h4-7,10,13-14H,8-9H2,1-3H3,(H,19,20)/t13-,14?/m1/s1. The zero-order chi connectivity index (χ0) is 16.3. The minimum Gasteiger partial charge on any atom is -0.481 e. The summed E-state index contributed by atoms with van der Waals surface area (Å²) >= 11 is 0. The summed E-state index contributed by atoms with van der Waals surface area (Å²) in [6.45, 7) is 5.28. The number of carboxylic acid groups (broad SMARTS) is 1. The number of ether oxygens (including phenoxy) is 1. The molecule has 0 spiro atoms. The number of carbonyl (C=O) groups is 2. The van der Waals surface area contributed by atoms with E-state index in [2.05, 4.69) is 4.99 Å². The number of amides is 1. The highest BCUT2D eigenvalue weighted by atomic mass is 16.6. The van der Waals surface area contributed by atoms with Gasteiger partial charge in [-0.2, -0.15) is 4.99 Å². The molecule has 1 aliphatic rings. The molecule has 0 saturated carbocycles. The van der Waals surface area contributed by atoms with Gasteiger partial charge in [0, 0.05) is 12.1 Å². The Bertz CT molecular complexity index is 601. The number of aryl methyl sites for hydroxylation is 1. The van der Waals surface area contributed by atoms with E-state index < -0.39 is 29.5 Å². The predicted molar refractivity (Wildman–Crippen MR) is 83.4 cm³/mol. The number of hydrogen-bond donors (Lipinski definition) is 1. The Kier molecular flexibility index (Phi) is 4.64. The second-order valence-corrected chi connectivity index (χ2v) is 6.47. The van der Waals surface area contributed by atoms with Gasteiger partial charge in [0.05, 0.1) is 5.92 Å². The molecule has 2 atom stereocenters. The second kappa shape index (κ2) is 6.30. The quantitative estimate of drug-likeness (QED) is 0.849. The molecule has 1 N–H and O–H groups in total. The first-order valence-electron chi connectivity index (χ1n) is 7.36. The highest BCUT2D eigenvalue weighted by molar-refractivity contribution is 5.87. The van der Waals surface area contributed by atoms with Crippen molar-refractivity contribution in [3.8, 4) is 0 Å². The van der Waals surface area contributed by atoms with Crippen molar-refractivity contribution >= 4 is 18.3 Å². The lowest BCUT2D eigenvalue weighted by molar-refractivity contribution is -0.142. The van der Waals surface area contributed by atoms with E-state index in [1.165, 1.54) is 6.21 Å². The zero-order valence-corrected chi connectivity index (χ0v) is 13.1. The smallest absolute Gasteiger partial charge is 0.433 e. The molecule has 5 heteroatoms. The van der Waals surface area contributed by atoms with E-state index in [1.807, 2.05) is 24.3 Å². The number of benzene rings is 1. The number of carboxylic acids is 1. The molecule has 2 rings (SSSR count). The summed E-state index contributed by atoms with van der Waals surface area (Å²) in [4.78, 5) is 27.0. The van der Waals surface area contributed by atoms with E-state index in [4.69, 9.17) is 4.74 Å². The molecule has 0 aromatic heterocycles. The molecule has 118 valence electrons. The first-order chi connectivity index (χ1) is 10.3. The first-order valence-corrected chi connectivity index (χ1v) is 7.36. The van der Waals surface area contributed by atoms with Crippen LogP contribution in [-0.4, -0.2) is 29.0 Å². The van der Waals surface area contributed by atoms with Crippen LogP contribution in [0.3, 0.4) is 0 Å². The molecule has 1 aromatic carbocycles. The van der Waals surface area contributed by atoms with Crippen molar-refractivity contribution in [1.29, 1.82) is 0 Å². The average Bonchev–Trinajstić information content (AvgIpc) is 2.42. The largest absolute Gasteiger partial charge is 0.481 e. The molecule has 1 amide bonds. The van der Waals surface area contributed by atoms with Gasteiger partial charge in [0.15, 0.2) is 0 Å². The molecule has 1 unspecified atom stereocenters. The maximum atomic E-state index is 11.7. The van der Waals surface area contributed by atoms with E-state index in [-0.39, 0.29) is 0 Å². The third-order valence-corrected chi connectivity index (χ3v) is 3.62. The van der Waals surface area contributed by atoms with Crippen LogP contribution < -0.4 is 0 Å². The van der Waals surface area contributed by atoms with Crippen LogP contribution in [0.15, 0.2) is 29.3 Å². The number of aliphatic carboxylic acids is 1. The SMILES string of the molecule is CC(C)(C)OC(=O)N=CC1c2ccccc2CC[C@H]1C(=O)O. The third kappa shape index (κ3) is 3.93. The van der Waals surface area contributed by atoms with Crippen molar-refractivity contribution in [2.75, 3.05) is 0 Å². The molecule has 0 heterocycles. The Hall–Kier alpha value is -2.17. The van der Waals surface area contributed by atoms with Gasteiger partial charge in [0.2, 0.25) is 0 Å². The fraction of sp³-hybridized carbons (Fsp3) is 0.471. The molecular weight excluding hydrogens is 282 g/mol. The average molecular weight is 303 g/mol. The Morgan fingerprint density at radius 3 is 2.64 bits per heavy atom. The summed E-state index contributed by atoms with van der Waals surface area (Å²) in [6.07, 6.45) is 1.99. The van der Waals surface area contributed by atoms with Crippen molar-refractivity contribution in [3.63, 3.8) is 0 Å². The second-order valence-electron chi connectivity index (χ2n) is 6.47. The van der Waals surface area contributed by atoms with Crippen LogP contribution in [0.25, 0.3) is 0 Å². The summed E-state index contributed by atoms with van der Waals surface area (Å²) in [5, 5.41) is 9.41. The first kappa shape index (κ1) is 16.2. The Balaban J connectivity index is 2.25. The van der Waals surface area contributed by atoms with Crippen LogP contribution in [-0.2, 0) is 16.0 Å². The third-order valence-electron chi connectivity index (χ3n) is 3.62. The molecular formula is C17H21NO4. The van der Waals surface area contributed by atoms with Crippen molar-refractivity contribution in [2.24, 2.45) is 10.9 Å². The van der Waals surface area contributed by atoms with Crippen LogP contribution in [0.4, 0.5) is 4.79 Å². The lowest BCUT2D eigenvalue weighted by atomic mass is 9.75. The normalized spacial score (nSPS) is 21.4. The molecule has 0 fully saturated rings. The van der Waals surface area contributed by atoms with E-state index >= 15 is 0 Å². The number of nitrogens with zero attached hydrogens (tertiary/aromatic N) is 1. The zero-order valence-electron chi connectivity index (χ0n) is 13.1. The molecule has 1 aromatic rings. The van der Waals surface area contributed by atoms with Crippen molar-refractivity contribution in [1.82, 2.24) is 0 Å². The van der Waals surface area contributed by atoms with Crippen LogP contribution >= 0.6 is 0 Å². The Labute approximate surface area is 130 Å². The van der Waals surface area contributed by atoms with Gasteiger partial charge >= 0.3 is 12.1 Å². The van der Waals surface area contributed by atoms with Gasteiger partial charge in [-0.15, -0.1) is 0 Å². The van der Waals surface area contributed by atoms with Gasteiger partial charge < -0.3 is 9.84 Å². The summed E-state index contributed by atoms with van der Waals surface area (Å²) < 4.78 is 5.13. The van der Waals surface area contributed by atoms with Gasteiger partial charge in [-0.05, 0) is 44.7 Å². The summed E-state index contributed by atoms with van der Waals surface area (Å²) in [5.74, 6) is -1.84. The fourth-order valence-electron chi connectivity index (χ4n) is 2.69. The predicted octanol–water partition coefficient (Wildman–Crippen LogP) is 3.42. The van der Waals surface area contributed by atoms with E-state index in [0.717, 1.165) is 17.5 Å². The van der Waals surface area contributed by atoms with E-state index in [9.17, 15) is 14.7 Å². The molecule has 5 nitrogen and oxygen atoms in total. The van der Waals surface area contributed by atoms with E-state index in [1.54, 1.807) is 20.8 Å². The van der Waals surface area contributed by atoms with Crippen LogP contribution in [0, 0.1) is 5.92 Å². The monoisotopic (exact) mass is 303 g/mol. The number of aliphatic imine (C=N–C) groups is 1. The van der Waals surface area contributed by atoms with Crippen molar-refractivity contribution in [3.05, 3.63) is 35.4 Å². The van der Waals surface area contributed by atoms with Gasteiger partial charge in [-0.3, -0.25) is 4.79 Å². The Morgan fingerprint density at radius 2 is 2.00 bits per heavy atom. The highest BCUT2D eigenvalue weighted by Crippen LogP contribution is 2.35. The van der Waals surface area contributed by atoms with E-state index in [0.29, 0.717) is 6.42 Å². The molecule has 0 bridgehead atoms. The van der Waals surface area contributed by atoms with Gasteiger partial charge in [-0.25, -0.2) is 4.79 Å². The molecule has 0 radical (unpaired) electrons. The van der Waals surface area contributed by atoms with Gasteiger partial charge in [0.25, 0.3) is 0 Å². The van der Waals surface area contributed by atoms with Gasteiger partial charge in [0.1, 0.15) is 5.60 Å². The maximum Gasteiger partial charge on any atom is 0.433 e. The fourth-order valence-corrected chi connectivity index (χ4v) is 2.69. The molecule has 0 aliphatic heterocycles. The molecule has 1 aliphatic carbocycles. The summed E-state index contributed by atoms with van der Waals surface area (Å²) in [6, 6.07) is 7.69. The highest BCUT2D eigenvalue weighted by Gasteiger charge is 2.33. The lowest BCUT2D eigenvalue weighted by Gasteiger charge is -2.28. The summed E-state index contributed by atoms with van der Waals surface area (Å²) in [5.41, 5.74) is 1.42. The number of carbonyl (C=O) groups excluding carboxylic acids is 1. The minimum absolute atomic E-state index is 0.407. The van der Waals surface area contributed by atoms with Crippen molar-refractivity contribution < 1.29 is 19.4 Å². The Morgan fingerprint density at radius 1 is 1.32 bits per heavy atom. The molecule has 22 heavy (non-hydrogen) atoms. The van der Waals surface area contributed by atoms with Gasteiger partial charge in [-0.1, -0.05) is 24.3 Å². The minimum atomic E-state index is -0.866. The van der Waals surface area contributed by atoms with Crippen LogP contribution in [0.2, 0.25) is 0 Å². The lowest BCUT2D eigenvalue weighted by Crippen LogP contribution is -2.29. The number of rotatable bonds is 2.